The van der Waals surface area contributed by atoms with Crippen molar-refractivity contribution in [2.45, 2.75) is 0 Å². The second-order valence-corrected chi connectivity index (χ2v) is 12.4. The van der Waals surface area contributed by atoms with Crippen LogP contribution in [0, 0.1) is 0 Å². The summed E-state index contributed by atoms with van der Waals surface area (Å²) in [6.07, 6.45) is 0. The molecule has 2 heteroatoms. The van der Waals surface area contributed by atoms with E-state index in [-0.39, 0.29) is 0 Å². The quantitative estimate of drug-likeness (QED) is 0.185. The molecule has 0 unspecified atom stereocenters. The summed E-state index contributed by atoms with van der Waals surface area (Å²) >= 11 is 0. The summed E-state index contributed by atoms with van der Waals surface area (Å²) in [5.74, 6) is 0.883. The monoisotopic (exact) mass is 612 g/mol. The Morgan fingerprint density at radius 2 is 0.938 bits per heavy atom. The van der Waals surface area contributed by atoms with Gasteiger partial charge in [-0.2, -0.15) is 0 Å². The SMILES string of the molecule is c1ccc(-c2cccc(-c3cccc4oc5ccc(-c6c7ccccc7c(-c7cc8ccccc8o7)c7ccccc67)cc5c34)c2)cc1. The third-order valence-electron chi connectivity index (χ3n) is 9.67. The van der Waals surface area contributed by atoms with Crippen LogP contribution in [0.25, 0.3) is 99.2 Å². The molecule has 0 saturated heterocycles. The molecule has 0 aliphatic rings. The van der Waals surface area contributed by atoms with E-state index in [0.29, 0.717) is 0 Å². The molecule has 0 atom stereocenters. The van der Waals surface area contributed by atoms with Crippen molar-refractivity contribution in [3.05, 3.63) is 170 Å². The number of para-hydroxylation sites is 1. The minimum Gasteiger partial charge on any atom is -0.456 e. The van der Waals surface area contributed by atoms with Crippen LogP contribution in [0.4, 0.5) is 0 Å². The van der Waals surface area contributed by atoms with E-state index in [9.17, 15) is 0 Å². The molecule has 0 aliphatic carbocycles. The van der Waals surface area contributed by atoms with Crippen molar-refractivity contribution >= 4 is 54.5 Å². The predicted molar refractivity (Wildman–Crippen MR) is 200 cm³/mol. The Labute approximate surface area is 277 Å². The molecule has 10 aromatic rings. The van der Waals surface area contributed by atoms with E-state index in [2.05, 4.69) is 158 Å². The van der Waals surface area contributed by atoms with Gasteiger partial charge in [0.25, 0.3) is 0 Å². The van der Waals surface area contributed by atoms with Gasteiger partial charge in [0.15, 0.2) is 0 Å². The Bertz CT molecular complexity index is 2740. The standard InChI is InChI=1S/C46H28O2/c1-2-12-29(13-3-1)30-15-10-16-31(26-30)34-21-11-23-42-45(34)39-27-33(24-25-41(39)48-42)44-35-17-5-7-19-37(35)46(38-20-8-6-18-36(38)44)43-28-32-14-4-9-22-40(32)47-43/h1-28H. The van der Waals surface area contributed by atoms with Gasteiger partial charge in [0.1, 0.15) is 22.5 Å². The van der Waals surface area contributed by atoms with Crippen molar-refractivity contribution in [2.75, 3.05) is 0 Å². The van der Waals surface area contributed by atoms with E-state index in [1.54, 1.807) is 0 Å². The molecular formula is C46H28O2. The highest BCUT2D eigenvalue weighted by Crippen LogP contribution is 2.46. The molecule has 0 N–H and O–H groups in total. The van der Waals surface area contributed by atoms with Crippen LogP contribution in [0.2, 0.25) is 0 Å². The zero-order valence-electron chi connectivity index (χ0n) is 26.0. The van der Waals surface area contributed by atoms with Crippen molar-refractivity contribution < 1.29 is 8.83 Å². The molecule has 0 saturated carbocycles. The van der Waals surface area contributed by atoms with Crippen LogP contribution >= 0.6 is 0 Å². The van der Waals surface area contributed by atoms with Crippen molar-refractivity contribution in [1.82, 2.24) is 0 Å². The molecular weight excluding hydrogens is 585 g/mol. The lowest BCUT2D eigenvalue weighted by atomic mass is 9.87. The first-order valence-electron chi connectivity index (χ1n) is 16.3. The van der Waals surface area contributed by atoms with Crippen molar-refractivity contribution in [3.8, 4) is 44.7 Å². The molecule has 0 spiro atoms. The van der Waals surface area contributed by atoms with Gasteiger partial charge in [0.2, 0.25) is 0 Å². The van der Waals surface area contributed by atoms with Crippen LogP contribution in [-0.4, -0.2) is 0 Å². The molecule has 8 aromatic carbocycles. The molecule has 2 heterocycles. The first-order valence-corrected chi connectivity index (χ1v) is 16.3. The summed E-state index contributed by atoms with van der Waals surface area (Å²) in [6, 6.07) is 60.2. The summed E-state index contributed by atoms with van der Waals surface area (Å²) in [4.78, 5) is 0. The number of hydrogen-bond donors (Lipinski definition) is 0. The molecule has 10 rings (SSSR count). The van der Waals surface area contributed by atoms with E-state index in [1.165, 1.54) is 43.8 Å². The van der Waals surface area contributed by atoms with Crippen molar-refractivity contribution in [2.24, 2.45) is 0 Å². The minimum absolute atomic E-state index is 0.882. The maximum absolute atomic E-state index is 6.49. The smallest absolute Gasteiger partial charge is 0.136 e. The van der Waals surface area contributed by atoms with Gasteiger partial charge >= 0.3 is 0 Å². The van der Waals surface area contributed by atoms with Crippen LogP contribution in [0.15, 0.2) is 179 Å². The van der Waals surface area contributed by atoms with Gasteiger partial charge in [-0.1, -0.05) is 133 Å². The summed E-state index contributed by atoms with van der Waals surface area (Å²) in [7, 11) is 0. The summed E-state index contributed by atoms with van der Waals surface area (Å²) in [6.45, 7) is 0. The Kier molecular flexibility index (Phi) is 5.91. The fourth-order valence-corrected chi connectivity index (χ4v) is 7.53. The van der Waals surface area contributed by atoms with Crippen LogP contribution in [0.3, 0.4) is 0 Å². The summed E-state index contributed by atoms with van der Waals surface area (Å²) < 4.78 is 13.0. The maximum atomic E-state index is 6.49. The topological polar surface area (TPSA) is 26.3 Å². The van der Waals surface area contributed by atoms with Gasteiger partial charge in [-0.3, -0.25) is 0 Å². The van der Waals surface area contributed by atoms with Gasteiger partial charge < -0.3 is 8.83 Å². The highest BCUT2D eigenvalue weighted by atomic mass is 16.3. The van der Waals surface area contributed by atoms with Crippen LogP contribution < -0.4 is 0 Å². The van der Waals surface area contributed by atoms with E-state index in [1.807, 2.05) is 12.1 Å². The second-order valence-electron chi connectivity index (χ2n) is 12.4. The number of rotatable bonds is 4. The maximum Gasteiger partial charge on any atom is 0.136 e. The zero-order valence-corrected chi connectivity index (χ0v) is 26.0. The molecule has 0 radical (unpaired) electrons. The molecule has 48 heavy (non-hydrogen) atoms. The van der Waals surface area contributed by atoms with Gasteiger partial charge in [-0.05, 0) is 91.3 Å². The van der Waals surface area contributed by atoms with Crippen molar-refractivity contribution in [1.29, 1.82) is 0 Å². The lowest BCUT2D eigenvalue weighted by molar-refractivity contribution is 0.633. The Hall–Kier alpha value is -6.38. The fraction of sp³-hybridized carbons (Fsp3) is 0. The highest BCUT2D eigenvalue weighted by Gasteiger charge is 2.20. The lowest BCUT2D eigenvalue weighted by Crippen LogP contribution is -1.90. The summed E-state index contributed by atoms with van der Waals surface area (Å²) in [5.41, 5.74) is 10.9. The number of benzene rings is 8. The molecule has 2 aromatic heterocycles. The molecule has 2 nitrogen and oxygen atoms in total. The predicted octanol–water partition coefficient (Wildman–Crippen LogP) is 13.3. The first kappa shape index (κ1) is 26.8. The average molecular weight is 613 g/mol. The third kappa shape index (κ3) is 4.13. The normalized spacial score (nSPS) is 11.8. The van der Waals surface area contributed by atoms with E-state index in [0.717, 1.165) is 55.4 Å². The van der Waals surface area contributed by atoms with E-state index >= 15 is 0 Å². The van der Waals surface area contributed by atoms with Crippen LogP contribution in [0.5, 0.6) is 0 Å². The van der Waals surface area contributed by atoms with Gasteiger partial charge in [0.05, 0.1) is 0 Å². The van der Waals surface area contributed by atoms with Crippen molar-refractivity contribution in [3.63, 3.8) is 0 Å². The summed E-state index contributed by atoms with van der Waals surface area (Å²) in [5, 5.41) is 8.06. The van der Waals surface area contributed by atoms with E-state index in [4.69, 9.17) is 8.83 Å². The lowest BCUT2D eigenvalue weighted by Gasteiger charge is -2.16. The molecule has 0 bridgehead atoms. The van der Waals surface area contributed by atoms with E-state index < -0.39 is 0 Å². The van der Waals surface area contributed by atoms with Crippen LogP contribution in [0.1, 0.15) is 0 Å². The van der Waals surface area contributed by atoms with Gasteiger partial charge in [0, 0.05) is 21.7 Å². The van der Waals surface area contributed by atoms with Gasteiger partial charge in [-0.25, -0.2) is 0 Å². The molecule has 0 amide bonds. The third-order valence-corrected chi connectivity index (χ3v) is 9.67. The first-order chi connectivity index (χ1) is 23.8. The molecule has 0 fully saturated rings. The molecule has 0 aliphatic heterocycles. The second kappa shape index (κ2) is 10.6. The largest absolute Gasteiger partial charge is 0.456 e. The zero-order chi connectivity index (χ0) is 31.6. The number of hydrogen-bond acceptors (Lipinski definition) is 2. The average Bonchev–Trinajstić information content (AvgIpc) is 3.75. The Balaban J connectivity index is 1.22. The van der Waals surface area contributed by atoms with Gasteiger partial charge in [-0.15, -0.1) is 0 Å². The highest BCUT2D eigenvalue weighted by molar-refractivity contribution is 6.22. The minimum atomic E-state index is 0.882. The number of fused-ring (bicyclic) bond motifs is 6. The fourth-order valence-electron chi connectivity index (χ4n) is 7.53. The Morgan fingerprint density at radius 1 is 0.312 bits per heavy atom. The Morgan fingerprint density at radius 3 is 1.71 bits per heavy atom. The van der Waals surface area contributed by atoms with Crippen LogP contribution in [-0.2, 0) is 0 Å². The number of furan rings is 2. The molecule has 224 valence electrons.